The highest BCUT2D eigenvalue weighted by atomic mass is 19.1. The van der Waals surface area contributed by atoms with Gasteiger partial charge in [0, 0.05) is 17.6 Å². The second-order valence-corrected chi connectivity index (χ2v) is 5.59. The first-order valence-corrected chi connectivity index (χ1v) is 6.72. The van der Waals surface area contributed by atoms with Crippen LogP contribution in [0.1, 0.15) is 29.8 Å². The molecule has 0 aliphatic rings. The molecule has 0 heterocycles. The van der Waals surface area contributed by atoms with Crippen molar-refractivity contribution in [2.45, 2.75) is 19.4 Å². The van der Waals surface area contributed by atoms with Crippen molar-refractivity contribution in [2.24, 2.45) is 5.73 Å². The zero-order valence-corrected chi connectivity index (χ0v) is 13.0. The summed E-state index contributed by atoms with van der Waals surface area (Å²) < 4.78 is 13.9. The lowest BCUT2D eigenvalue weighted by Crippen LogP contribution is -2.48. The number of hydrogen-bond acceptors (Lipinski definition) is 3. The fourth-order valence-corrected chi connectivity index (χ4v) is 1.48. The molecular weight excluding hydrogens is 269 g/mol. The van der Waals surface area contributed by atoms with E-state index in [-0.39, 0.29) is 17.6 Å². The van der Waals surface area contributed by atoms with E-state index >= 15 is 0 Å². The Balaban J connectivity index is 2.80. The minimum absolute atomic E-state index is 0.0165. The fraction of sp³-hybridized carbons (Fsp3) is 0.438. The molecular formula is C16H22FN3O. The maximum atomic E-state index is 13.9. The Hall–Kier alpha value is -1.90. The number of carbonyl (C=O) groups excluding carboxylic acids is 1. The normalized spacial score (nSPS) is 11.0. The van der Waals surface area contributed by atoms with Gasteiger partial charge in [0.2, 0.25) is 0 Å². The van der Waals surface area contributed by atoms with Gasteiger partial charge in [0.1, 0.15) is 5.82 Å². The molecule has 0 saturated carbocycles. The molecule has 114 valence electrons. The van der Waals surface area contributed by atoms with Gasteiger partial charge in [-0.1, -0.05) is 11.8 Å². The predicted octanol–water partition coefficient (Wildman–Crippen LogP) is 1.21. The molecule has 0 saturated heterocycles. The molecule has 1 aromatic carbocycles. The van der Waals surface area contributed by atoms with E-state index < -0.39 is 11.7 Å². The van der Waals surface area contributed by atoms with Gasteiger partial charge in [-0.25, -0.2) is 4.39 Å². The zero-order valence-electron chi connectivity index (χ0n) is 13.0. The van der Waals surface area contributed by atoms with E-state index in [4.69, 9.17) is 5.73 Å². The number of nitrogens with two attached hydrogens (primary N) is 1. The van der Waals surface area contributed by atoms with Gasteiger partial charge in [-0.15, -0.1) is 0 Å². The molecule has 0 aliphatic carbocycles. The third-order valence-electron chi connectivity index (χ3n) is 3.44. The first-order chi connectivity index (χ1) is 9.77. The van der Waals surface area contributed by atoms with E-state index in [9.17, 15) is 9.18 Å². The first kappa shape index (κ1) is 17.2. The molecule has 21 heavy (non-hydrogen) atoms. The monoisotopic (exact) mass is 291 g/mol. The summed E-state index contributed by atoms with van der Waals surface area (Å²) in [5.41, 5.74) is 5.57. The van der Waals surface area contributed by atoms with Crippen molar-refractivity contribution in [1.29, 1.82) is 0 Å². The summed E-state index contributed by atoms with van der Waals surface area (Å²) in [6, 6.07) is 4.29. The molecule has 4 nitrogen and oxygen atoms in total. The Morgan fingerprint density at radius 2 is 2.10 bits per heavy atom. The van der Waals surface area contributed by atoms with Gasteiger partial charge in [-0.2, -0.15) is 0 Å². The van der Waals surface area contributed by atoms with Crippen molar-refractivity contribution < 1.29 is 9.18 Å². The van der Waals surface area contributed by atoms with Crippen molar-refractivity contribution in [2.75, 3.05) is 27.2 Å². The standard InChI is InChI=1S/C16H22FN3O/c1-16(2,20(3)4)11-19-15(21)13-8-7-12(6-5-9-18)10-14(13)17/h7-8,10H,9,11,18H2,1-4H3,(H,19,21). The quantitative estimate of drug-likeness (QED) is 0.820. The van der Waals surface area contributed by atoms with Crippen LogP contribution in [-0.2, 0) is 0 Å². The summed E-state index contributed by atoms with van der Waals surface area (Å²) in [6.07, 6.45) is 0. The minimum Gasteiger partial charge on any atom is -0.350 e. The number of amides is 1. The summed E-state index contributed by atoms with van der Waals surface area (Å²) in [6.45, 7) is 4.63. The van der Waals surface area contributed by atoms with Crippen molar-refractivity contribution in [3.63, 3.8) is 0 Å². The van der Waals surface area contributed by atoms with E-state index in [0.717, 1.165) is 0 Å². The van der Waals surface area contributed by atoms with Crippen LogP contribution in [0.5, 0.6) is 0 Å². The number of rotatable bonds is 4. The van der Waals surface area contributed by atoms with Gasteiger partial charge in [0.15, 0.2) is 0 Å². The van der Waals surface area contributed by atoms with Gasteiger partial charge < -0.3 is 16.0 Å². The van der Waals surface area contributed by atoms with Crippen LogP contribution in [0.2, 0.25) is 0 Å². The van der Waals surface area contributed by atoms with E-state index in [1.54, 1.807) is 6.07 Å². The second-order valence-electron chi connectivity index (χ2n) is 5.59. The maximum absolute atomic E-state index is 13.9. The molecule has 0 unspecified atom stereocenters. The molecule has 1 amide bonds. The van der Waals surface area contributed by atoms with Crippen LogP contribution >= 0.6 is 0 Å². The van der Waals surface area contributed by atoms with E-state index in [0.29, 0.717) is 12.1 Å². The molecule has 3 N–H and O–H groups in total. The third-order valence-corrected chi connectivity index (χ3v) is 3.44. The van der Waals surface area contributed by atoms with Crippen LogP contribution in [0.25, 0.3) is 0 Å². The molecule has 1 rings (SSSR count). The lowest BCUT2D eigenvalue weighted by Gasteiger charge is -2.32. The Morgan fingerprint density at radius 3 is 2.62 bits per heavy atom. The summed E-state index contributed by atoms with van der Waals surface area (Å²) in [4.78, 5) is 14.0. The lowest BCUT2D eigenvalue weighted by atomic mass is 10.0. The predicted molar refractivity (Wildman–Crippen MR) is 82.4 cm³/mol. The molecule has 0 spiro atoms. The van der Waals surface area contributed by atoms with Crippen LogP contribution in [0.15, 0.2) is 18.2 Å². The van der Waals surface area contributed by atoms with Crippen molar-refractivity contribution >= 4 is 5.91 Å². The molecule has 0 aliphatic heterocycles. The number of halogens is 1. The van der Waals surface area contributed by atoms with Crippen LogP contribution in [0.3, 0.4) is 0 Å². The Kier molecular flexibility index (Phi) is 5.89. The highest BCUT2D eigenvalue weighted by molar-refractivity contribution is 5.94. The highest BCUT2D eigenvalue weighted by Gasteiger charge is 2.22. The number of nitrogens with zero attached hydrogens (tertiary/aromatic N) is 1. The highest BCUT2D eigenvalue weighted by Crippen LogP contribution is 2.12. The number of likely N-dealkylation sites (N-methyl/N-ethyl adjacent to an activating group) is 1. The number of carbonyl (C=O) groups is 1. The van der Waals surface area contributed by atoms with Crippen LogP contribution in [-0.4, -0.2) is 43.5 Å². The van der Waals surface area contributed by atoms with Gasteiger partial charge in [0.25, 0.3) is 5.91 Å². The largest absolute Gasteiger partial charge is 0.350 e. The molecule has 0 aromatic heterocycles. The van der Waals surface area contributed by atoms with Gasteiger partial charge >= 0.3 is 0 Å². The number of hydrogen-bond donors (Lipinski definition) is 2. The molecule has 0 fully saturated rings. The van der Waals surface area contributed by atoms with E-state index in [1.807, 2.05) is 32.8 Å². The van der Waals surface area contributed by atoms with Crippen molar-refractivity contribution in [3.8, 4) is 11.8 Å². The summed E-state index contributed by atoms with van der Waals surface area (Å²) in [5, 5.41) is 2.75. The molecule has 0 bridgehead atoms. The lowest BCUT2D eigenvalue weighted by molar-refractivity contribution is 0.0915. The van der Waals surface area contributed by atoms with Crippen LogP contribution in [0.4, 0.5) is 4.39 Å². The Labute approximate surface area is 125 Å². The van der Waals surface area contributed by atoms with Crippen molar-refractivity contribution in [1.82, 2.24) is 10.2 Å². The Bertz CT molecular complexity index is 571. The topological polar surface area (TPSA) is 58.4 Å². The SMILES string of the molecule is CN(C)C(C)(C)CNC(=O)c1ccc(C#CCN)cc1F. The molecule has 5 heteroatoms. The van der Waals surface area contributed by atoms with E-state index in [2.05, 4.69) is 17.2 Å². The maximum Gasteiger partial charge on any atom is 0.254 e. The van der Waals surface area contributed by atoms with Gasteiger partial charge in [0.05, 0.1) is 12.1 Å². The minimum atomic E-state index is -0.584. The summed E-state index contributed by atoms with van der Waals surface area (Å²) in [5.74, 6) is 4.36. The average molecular weight is 291 g/mol. The summed E-state index contributed by atoms with van der Waals surface area (Å²) >= 11 is 0. The van der Waals surface area contributed by atoms with Crippen LogP contribution in [0, 0.1) is 17.7 Å². The number of nitrogens with one attached hydrogen (secondary N) is 1. The van der Waals surface area contributed by atoms with E-state index in [1.165, 1.54) is 12.1 Å². The average Bonchev–Trinajstić information content (AvgIpc) is 2.42. The Morgan fingerprint density at radius 1 is 1.43 bits per heavy atom. The van der Waals surface area contributed by atoms with Gasteiger partial charge in [-0.05, 0) is 46.1 Å². The zero-order chi connectivity index (χ0) is 16.0. The summed E-state index contributed by atoms with van der Waals surface area (Å²) in [7, 11) is 3.86. The number of benzene rings is 1. The van der Waals surface area contributed by atoms with Crippen molar-refractivity contribution in [3.05, 3.63) is 35.1 Å². The second kappa shape index (κ2) is 7.21. The fourth-order valence-electron chi connectivity index (χ4n) is 1.48. The molecule has 0 radical (unpaired) electrons. The third kappa shape index (κ3) is 4.85. The van der Waals surface area contributed by atoms with Crippen LogP contribution < -0.4 is 11.1 Å². The molecule has 0 atom stereocenters. The first-order valence-electron chi connectivity index (χ1n) is 6.72. The smallest absolute Gasteiger partial charge is 0.254 e. The van der Waals surface area contributed by atoms with Gasteiger partial charge in [-0.3, -0.25) is 4.79 Å². The molecule has 1 aromatic rings.